The highest BCUT2D eigenvalue weighted by atomic mass is 16.6. The van der Waals surface area contributed by atoms with Crippen LogP contribution >= 0.6 is 0 Å². The molecule has 0 saturated carbocycles. The third-order valence-electron chi connectivity index (χ3n) is 1.56. The van der Waals surface area contributed by atoms with Gasteiger partial charge in [-0.1, -0.05) is 12.1 Å². The van der Waals surface area contributed by atoms with Crippen molar-refractivity contribution in [2.45, 2.75) is 0 Å². The second kappa shape index (κ2) is 5.41. The molecule has 0 unspecified atom stereocenters. The summed E-state index contributed by atoms with van der Waals surface area (Å²) in [4.78, 5) is 20.4. The highest BCUT2D eigenvalue weighted by molar-refractivity contribution is 5.82. The SMILES string of the molecule is O=C(NO)N/N=C/c1cccc([N+](=O)[O-])c1. The number of nitro benzene ring substituents is 1. The van der Waals surface area contributed by atoms with Crippen molar-refractivity contribution in [2.75, 3.05) is 0 Å². The molecule has 0 radical (unpaired) electrons. The van der Waals surface area contributed by atoms with Gasteiger partial charge in [0.2, 0.25) is 0 Å². The lowest BCUT2D eigenvalue weighted by molar-refractivity contribution is -0.384. The van der Waals surface area contributed by atoms with E-state index in [9.17, 15) is 14.9 Å². The molecule has 1 aromatic carbocycles. The zero-order valence-corrected chi connectivity index (χ0v) is 7.95. The highest BCUT2D eigenvalue weighted by Crippen LogP contribution is 2.11. The Labute approximate surface area is 89.7 Å². The molecule has 0 heterocycles. The molecule has 1 rings (SSSR count). The van der Waals surface area contributed by atoms with Gasteiger partial charge in [-0.2, -0.15) is 5.10 Å². The Bertz CT molecular complexity index is 432. The van der Waals surface area contributed by atoms with Crippen LogP contribution in [0.25, 0.3) is 0 Å². The second-order valence-corrected chi connectivity index (χ2v) is 2.66. The molecule has 0 atom stereocenters. The van der Waals surface area contributed by atoms with E-state index in [0.717, 1.165) is 0 Å². The fourth-order valence-electron chi connectivity index (χ4n) is 0.909. The number of rotatable bonds is 3. The van der Waals surface area contributed by atoms with Gasteiger partial charge in [-0.25, -0.2) is 15.7 Å². The summed E-state index contributed by atoms with van der Waals surface area (Å²) in [5.41, 5.74) is 3.62. The maximum atomic E-state index is 10.5. The quantitative estimate of drug-likeness (QED) is 0.302. The zero-order valence-electron chi connectivity index (χ0n) is 7.95. The first-order valence-electron chi connectivity index (χ1n) is 4.11. The van der Waals surface area contributed by atoms with Crippen LogP contribution in [-0.4, -0.2) is 22.4 Å². The van der Waals surface area contributed by atoms with E-state index in [-0.39, 0.29) is 5.69 Å². The number of hydrogen-bond donors (Lipinski definition) is 3. The monoisotopic (exact) mass is 224 g/mol. The van der Waals surface area contributed by atoms with Crippen molar-refractivity contribution in [2.24, 2.45) is 5.10 Å². The summed E-state index contributed by atoms with van der Waals surface area (Å²) in [6.45, 7) is 0. The topological polar surface area (TPSA) is 117 Å². The predicted molar refractivity (Wildman–Crippen MR) is 54.1 cm³/mol. The lowest BCUT2D eigenvalue weighted by Gasteiger charge is -1.95. The number of amides is 2. The molecular formula is C8H8N4O4. The molecule has 16 heavy (non-hydrogen) atoms. The van der Waals surface area contributed by atoms with Gasteiger partial charge in [0.05, 0.1) is 11.1 Å². The van der Waals surface area contributed by atoms with Crippen LogP contribution in [0.1, 0.15) is 5.56 Å². The third-order valence-corrected chi connectivity index (χ3v) is 1.56. The minimum atomic E-state index is -0.901. The minimum absolute atomic E-state index is 0.0736. The molecule has 0 bridgehead atoms. The molecular weight excluding hydrogens is 216 g/mol. The number of hydroxylamine groups is 1. The molecule has 2 amide bonds. The van der Waals surface area contributed by atoms with E-state index in [2.05, 4.69) is 5.10 Å². The van der Waals surface area contributed by atoms with Gasteiger partial charge < -0.3 is 0 Å². The lowest BCUT2D eigenvalue weighted by atomic mass is 10.2. The van der Waals surface area contributed by atoms with E-state index < -0.39 is 11.0 Å². The first kappa shape index (κ1) is 11.6. The van der Waals surface area contributed by atoms with Crippen LogP contribution in [0.2, 0.25) is 0 Å². The number of benzene rings is 1. The van der Waals surface area contributed by atoms with Crippen LogP contribution in [0.4, 0.5) is 10.5 Å². The largest absolute Gasteiger partial charge is 0.358 e. The molecule has 1 aromatic rings. The number of urea groups is 1. The normalized spacial score (nSPS) is 10.1. The van der Waals surface area contributed by atoms with E-state index in [0.29, 0.717) is 5.56 Å². The van der Waals surface area contributed by atoms with E-state index in [4.69, 9.17) is 5.21 Å². The second-order valence-electron chi connectivity index (χ2n) is 2.66. The average Bonchev–Trinajstić information content (AvgIpc) is 2.29. The Morgan fingerprint density at radius 3 is 2.94 bits per heavy atom. The van der Waals surface area contributed by atoms with Crippen molar-refractivity contribution in [1.29, 1.82) is 0 Å². The molecule has 0 aliphatic heterocycles. The van der Waals surface area contributed by atoms with Crippen molar-refractivity contribution in [3.63, 3.8) is 0 Å². The standard InChI is InChI=1S/C8H8N4O4/c13-8(11-14)10-9-5-6-2-1-3-7(4-6)12(15)16/h1-5,14H,(H2,10,11,13)/b9-5+. The number of non-ortho nitro benzene ring substituents is 1. The number of carbonyl (C=O) groups excluding carboxylic acids is 1. The smallest absolute Gasteiger partial charge is 0.287 e. The van der Waals surface area contributed by atoms with Gasteiger partial charge in [0.1, 0.15) is 0 Å². The van der Waals surface area contributed by atoms with Gasteiger partial charge in [-0.3, -0.25) is 15.3 Å². The molecule has 0 aliphatic carbocycles. The Hall–Kier alpha value is -2.48. The van der Waals surface area contributed by atoms with Gasteiger partial charge in [-0.15, -0.1) is 0 Å². The molecule has 84 valence electrons. The van der Waals surface area contributed by atoms with Gasteiger partial charge in [-0.05, 0) is 0 Å². The van der Waals surface area contributed by atoms with Crippen molar-refractivity contribution in [1.82, 2.24) is 10.9 Å². The number of nitrogens with one attached hydrogen (secondary N) is 2. The van der Waals surface area contributed by atoms with Crippen LogP contribution in [0, 0.1) is 10.1 Å². The van der Waals surface area contributed by atoms with Gasteiger partial charge in [0.15, 0.2) is 0 Å². The molecule has 0 saturated heterocycles. The predicted octanol–water partition coefficient (Wildman–Crippen LogP) is 0.617. The summed E-state index contributed by atoms with van der Waals surface area (Å²) in [6, 6.07) is 4.80. The molecule has 0 spiro atoms. The van der Waals surface area contributed by atoms with E-state index in [1.54, 1.807) is 6.07 Å². The van der Waals surface area contributed by atoms with Crippen molar-refractivity contribution in [3.8, 4) is 0 Å². The first-order chi connectivity index (χ1) is 7.63. The molecule has 0 aliphatic rings. The lowest BCUT2D eigenvalue weighted by Crippen LogP contribution is -2.29. The summed E-state index contributed by atoms with van der Waals surface area (Å²) >= 11 is 0. The first-order valence-corrected chi connectivity index (χ1v) is 4.11. The summed E-state index contributed by atoms with van der Waals surface area (Å²) in [5, 5.41) is 22.0. The zero-order chi connectivity index (χ0) is 12.0. The van der Waals surface area contributed by atoms with Crippen molar-refractivity contribution in [3.05, 3.63) is 39.9 Å². The summed E-state index contributed by atoms with van der Waals surface area (Å²) in [5.74, 6) is 0. The summed E-state index contributed by atoms with van der Waals surface area (Å²) in [6.07, 6.45) is 1.21. The highest BCUT2D eigenvalue weighted by Gasteiger charge is 2.03. The molecule has 8 nitrogen and oxygen atoms in total. The van der Waals surface area contributed by atoms with E-state index in [1.807, 2.05) is 5.43 Å². The number of hydrogen-bond acceptors (Lipinski definition) is 5. The Morgan fingerprint density at radius 1 is 1.56 bits per heavy atom. The summed E-state index contributed by atoms with van der Waals surface area (Å²) < 4.78 is 0. The fraction of sp³-hybridized carbons (Fsp3) is 0. The number of nitro groups is 1. The van der Waals surface area contributed by atoms with Crippen LogP contribution < -0.4 is 10.9 Å². The van der Waals surface area contributed by atoms with E-state index in [1.165, 1.54) is 29.9 Å². The summed E-state index contributed by atoms with van der Waals surface area (Å²) in [7, 11) is 0. The van der Waals surface area contributed by atoms with Crippen molar-refractivity contribution >= 4 is 17.9 Å². The molecule has 3 N–H and O–H groups in total. The molecule has 0 aromatic heterocycles. The fourth-order valence-corrected chi connectivity index (χ4v) is 0.909. The average molecular weight is 224 g/mol. The van der Waals surface area contributed by atoms with Gasteiger partial charge in [0, 0.05) is 17.7 Å². The van der Waals surface area contributed by atoms with Crippen LogP contribution in [0.15, 0.2) is 29.4 Å². The Morgan fingerprint density at radius 2 is 2.31 bits per heavy atom. The van der Waals surface area contributed by atoms with Gasteiger partial charge >= 0.3 is 6.03 Å². The maximum absolute atomic E-state index is 10.5. The van der Waals surface area contributed by atoms with Gasteiger partial charge in [0.25, 0.3) is 5.69 Å². The van der Waals surface area contributed by atoms with Crippen LogP contribution in [-0.2, 0) is 0 Å². The van der Waals surface area contributed by atoms with Crippen LogP contribution in [0.3, 0.4) is 0 Å². The Kier molecular flexibility index (Phi) is 3.92. The minimum Gasteiger partial charge on any atom is -0.287 e. The molecule has 0 fully saturated rings. The van der Waals surface area contributed by atoms with Crippen molar-refractivity contribution < 1.29 is 14.9 Å². The van der Waals surface area contributed by atoms with E-state index >= 15 is 0 Å². The maximum Gasteiger partial charge on any atom is 0.358 e. The number of hydrazone groups is 1. The van der Waals surface area contributed by atoms with Crippen LogP contribution in [0.5, 0.6) is 0 Å². The number of nitrogens with zero attached hydrogens (tertiary/aromatic N) is 2. The molecule has 8 heteroatoms. The number of carbonyl (C=O) groups is 1. The Balaban J connectivity index is 2.70. The third kappa shape index (κ3) is 3.35.